The summed E-state index contributed by atoms with van der Waals surface area (Å²) in [6, 6.07) is 28.5. The van der Waals surface area contributed by atoms with Gasteiger partial charge in [-0.15, -0.1) is 0 Å². The summed E-state index contributed by atoms with van der Waals surface area (Å²) >= 11 is 24.4. The number of carbonyl (C=O) groups excluding carboxylic acids is 1. The molecule has 1 atom stereocenters. The van der Waals surface area contributed by atoms with Gasteiger partial charge in [0.05, 0.1) is 26.3 Å². The van der Waals surface area contributed by atoms with Crippen LogP contribution in [0, 0.1) is 55.4 Å². The van der Waals surface area contributed by atoms with Gasteiger partial charge in [0, 0.05) is 63.4 Å². The van der Waals surface area contributed by atoms with Crippen LogP contribution in [-0.2, 0) is 6.54 Å². The molecule has 64 heavy (non-hydrogen) atoms. The maximum absolute atomic E-state index is 12.5. The van der Waals surface area contributed by atoms with E-state index in [1.807, 2.05) is 83.4 Å². The molecule has 1 amide bonds. The molecule has 1 unspecified atom stereocenters. The predicted octanol–water partition coefficient (Wildman–Crippen LogP) is 12.5. The lowest BCUT2D eigenvalue weighted by atomic mass is 10.1. The molecular formula is C53H69Cl4N5O2. The number of carbonyl (C=O) groups is 1. The van der Waals surface area contributed by atoms with Gasteiger partial charge in [0.2, 0.25) is 0 Å². The van der Waals surface area contributed by atoms with Crippen LogP contribution < -0.4 is 15.0 Å². The van der Waals surface area contributed by atoms with Crippen LogP contribution in [0.15, 0.2) is 84.9 Å². The summed E-state index contributed by atoms with van der Waals surface area (Å²) in [4.78, 5) is 21.7. The van der Waals surface area contributed by atoms with Crippen molar-refractivity contribution >= 4 is 58.0 Å². The quantitative estimate of drug-likeness (QED) is 0.159. The van der Waals surface area contributed by atoms with Crippen LogP contribution in [0.3, 0.4) is 0 Å². The monoisotopic (exact) mass is 947 g/mol. The van der Waals surface area contributed by atoms with Crippen LogP contribution in [0.5, 0.6) is 5.75 Å². The SMILES string of the molecule is Cc1cc(Cl)c(C(=O)NC2CCN(Cc3ccccc3)C2)cc1C.Cc1cc(Cl)c(N2CCN(C)CC2)cc1C.Cc1cc(Cl)c(OCCN(C)C)cc1C.Cc1ccc(Cl)cc1C. The third kappa shape index (κ3) is 16.9. The number of hydrogen-bond acceptors (Lipinski definition) is 6. The van der Waals surface area contributed by atoms with Gasteiger partial charge in [0.15, 0.2) is 0 Å². The maximum Gasteiger partial charge on any atom is 0.253 e. The Hall–Kier alpha value is -3.79. The van der Waals surface area contributed by atoms with Gasteiger partial charge in [-0.3, -0.25) is 9.69 Å². The summed E-state index contributed by atoms with van der Waals surface area (Å²) in [7, 11) is 6.20. The van der Waals surface area contributed by atoms with E-state index in [0.29, 0.717) is 22.2 Å². The zero-order valence-electron chi connectivity index (χ0n) is 39.8. The molecule has 2 aliphatic heterocycles. The lowest BCUT2D eigenvalue weighted by molar-refractivity contribution is 0.0937. The molecule has 0 aromatic heterocycles. The first-order chi connectivity index (χ1) is 30.3. The van der Waals surface area contributed by atoms with Crippen LogP contribution in [-0.4, -0.2) is 100 Å². The van der Waals surface area contributed by atoms with E-state index in [1.54, 1.807) is 0 Å². The number of halogens is 4. The van der Waals surface area contributed by atoms with Gasteiger partial charge in [-0.1, -0.05) is 82.8 Å². The number of rotatable bonds is 9. The zero-order valence-corrected chi connectivity index (χ0v) is 42.9. The number of aryl methyl sites for hydroxylation is 8. The Morgan fingerprint density at radius 3 is 1.83 bits per heavy atom. The zero-order chi connectivity index (χ0) is 47.1. The Morgan fingerprint density at radius 2 is 1.22 bits per heavy atom. The normalized spacial score (nSPS) is 15.1. The smallest absolute Gasteiger partial charge is 0.253 e. The van der Waals surface area contributed by atoms with Crippen molar-refractivity contribution in [1.82, 2.24) is 20.0 Å². The molecule has 0 saturated carbocycles. The second kappa shape index (κ2) is 25.8. The highest BCUT2D eigenvalue weighted by Gasteiger charge is 2.25. The van der Waals surface area contributed by atoms with Crippen LogP contribution in [0.1, 0.15) is 66.8 Å². The number of anilines is 1. The molecule has 5 aromatic rings. The molecule has 2 heterocycles. The molecule has 2 aliphatic rings. The van der Waals surface area contributed by atoms with Gasteiger partial charge in [0.25, 0.3) is 5.91 Å². The van der Waals surface area contributed by atoms with Crippen LogP contribution in [0.2, 0.25) is 20.1 Å². The van der Waals surface area contributed by atoms with Crippen molar-refractivity contribution in [3.63, 3.8) is 0 Å². The van der Waals surface area contributed by atoms with Gasteiger partial charge < -0.3 is 24.8 Å². The maximum atomic E-state index is 12.5. The molecule has 2 fully saturated rings. The summed E-state index contributed by atoms with van der Waals surface area (Å²) in [5, 5.41) is 6.05. The lowest BCUT2D eigenvalue weighted by Gasteiger charge is -2.34. The number of ether oxygens (including phenoxy) is 1. The number of likely N-dealkylation sites (N-methyl/N-ethyl adjacent to an activating group) is 2. The van der Waals surface area contributed by atoms with Crippen molar-refractivity contribution in [3.05, 3.63) is 161 Å². The Labute approximate surface area is 404 Å². The Morgan fingerprint density at radius 1 is 0.656 bits per heavy atom. The fourth-order valence-electron chi connectivity index (χ4n) is 7.12. The highest BCUT2D eigenvalue weighted by molar-refractivity contribution is 6.34. The fraction of sp³-hybridized carbons (Fsp3) is 0.415. The standard InChI is InChI=1S/C20H23ClN2O.C13H19ClN2.C12H18ClNO.C8H9Cl/c1-14-10-18(19(21)11-15(14)2)20(24)22-17-8-9-23(13-17)12-16-6-4-3-5-7-16;1-10-8-12(14)13(9-11(10)2)16-6-4-15(3)5-7-16;1-9-7-11(13)12(8-10(9)2)15-6-5-14(3)4;1-6-3-4-8(9)5-7(6)2/h3-7,10-11,17H,8-9,12-13H2,1-2H3,(H,22,24);8-9H,4-7H2,1-3H3;7-8H,5-6H2,1-4H3;3-5H,1-2H3. The molecule has 11 heteroatoms. The van der Waals surface area contributed by atoms with E-state index in [2.05, 4.69) is 103 Å². The topological polar surface area (TPSA) is 51.3 Å². The van der Waals surface area contributed by atoms with Crippen LogP contribution >= 0.6 is 46.4 Å². The summed E-state index contributed by atoms with van der Waals surface area (Å²) in [6.07, 6.45) is 0.973. The number of nitrogens with one attached hydrogen (secondary N) is 1. The Balaban J connectivity index is 0.000000198. The molecule has 0 radical (unpaired) electrons. The second-order valence-electron chi connectivity index (χ2n) is 17.5. The van der Waals surface area contributed by atoms with Gasteiger partial charge in [-0.25, -0.2) is 0 Å². The highest BCUT2D eigenvalue weighted by Crippen LogP contribution is 2.30. The molecule has 0 aliphatic carbocycles. The molecule has 2 saturated heterocycles. The average molecular weight is 950 g/mol. The van der Waals surface area contributed by atoms with Gasteiger partial charge >= 0.3 is 0 Å². The summed E-state index contributed by atoms with van der Waals surface area (Å²) in [5.74, 6) is 0.705. The molecule has 0 spiro atoms. The van der Waals surface area contributed by atoms with Gasteiger partial charge in [-0.2, -0.15) is 0 Å². The Kier molecular flexibility index (Phi) is 21.3. The van der Waals surface area contributed by atoms with Crippen molar-refractivity contribution in [2.24, 2.45) is 0 Å². The highest BCUT2D eigenvalue weighted by atomic mass is 35.5. The largest absolute Gasteiger partial charge is 0.491 e. The van der Waals surface area contributed by atoms with E-state index in [0.717, 1.165) is 85.7 Å². The number of likely N-dealkylation sites (tertiary alicyclic amines) is 1. The first kappa shape index (κ1) is 52.8. The third-order valence-corrected chi connectivity index (χ3v) is 13.1. The van der Waals surface area contributed by atoms with E-state index < -0.39 is 0 Å². The first-order valence-electron chi connectivity index (χ1n) is 22.1. The molecule has 1 N–H and O–H groups in total. The molecule has 5 aromatic carbocycles. The second-order valence-corrected chi connectivity index (χ2v) is 19.2. The first-order valence-corrected chi connectivity index (χ1v) is 23.6. The Bertz CT molecular complexity index is 2280. The van der Waals surface area contributed by atoms with Crippen molar-refractivity contribution < 1.29 is 9.53 Å². The van der Waals surface area contributed by atoms with Crippen molar-refractivity contribution in [2.75, 3.05) is 78.5 Å². The average Bonchev–Trinajstić information content (AvgIpc) is 3.68. The van der Waals surface area contributed by atoms with Gasteiger partial charge in [0.1, 0.15) is 12.4 Å². The molecule has 0 bridgehead atoms. The third-order valence-electron chi connectivity index (χ3n) is 11.9. The number of nitrogens with zero attached hydrogens (tertiary/aromatic N) is 4. The predicted molar refractivity (Wildman–Crippen MR) is 275 cm³/mol. The van der Waals surface area contributed by atoms with E-state index in [4.69, 9.17) is 51.1 Å². The minimum atomic E-state index is -0.0744. The van der Waals surface area contributed by atoms with Crippen LogP contribution in [0.4, 0.5) is 5.69 Å². The number of hydrogen-bond donors (Lipinski definition) is 1. The fourth-order valence-corrected chi connectivity index (χ4v) is 8.26. The van der Waals surface area contributed by atoms with Crippen molar-refractivity contribution in [1.29, 1.82) is 0 Å². The van der Waals surface area contributed by atoms with Crippen molar-refractivity contribution in [2.45, 2.75) is 74.4 Å². The lowest BCUT2D eigenvalue weighted by Crippen LogP contribution is -2.44. The summed E-state index contributed by atoms with van der Waals surface area (Å²) in [6.45, 7) is 25.2. The summed E-state index contributed by atoms with van der Waals surface area (Å²) < 4.78 is 5.61. The number of amides is 1. The van der Waals surface area contributed by atoms with E-state index >= 15 is 0 Å². The van der Waals surface area contributed by atoms with Gasteiger partial charge in [-0.05, 0) is 182 Å². The van der Waals surface area contributed by atoms with Crippen LogP contribution in [0.25, 0.3) is 0 Å². The minimum Gasteiger partial charge on any atom is -0.491 e. The van der Waals surface area contributed by atoms with E-state index in [-0.39, 0.29) is 11.9 Å². The molecule has 7 rings (SSSR count). The summed E-state index contributed by atoms with van der Waals surface area (Å²) in [5.41, 5.74) is 12.8. The minimum absolute atomic E-state index is 0.0744. The molecular weight excluding hydrogens is 880 g/mol. The number of piperazine rings is 1. The molecule has 346 valence electrons. The van der Waals surface area contributed by atoms with E-state index in [9.17, 15) is 4.79 Å². The molecule has 7 nitrogen and oxygen atoms in total. The number of benzene rings is 5. The van der Waals surface area contributed by atoms with E-state index in [1.165, 1.54) is 44.6 Å². The van der Waals surface area contributed by atoms with Crippen molar-refractivity contribution in [3.8, 4) is 5.75 Å².